The first-order valence-electron chi connectivity index (χ1n) is 7.44. The van der Waals surface area contributed by atoms with Crippen LogP contribution in [0, 0.1) is 11.7 Å². The Bertz CT molecular complexity index is 429. The zero-order chi connectivity index (χ0) is 15.9. The Morgan fingerprint density at radius 1 is 1.14 bits per heavy atom. The Labute approximate surface area is 123 Å². The van der Waals surface area contributed by atoms with Crippen molar-refractivity contribution < 1.29 is 17.6 Å². The van der Waals surface area contributed by atoms with E-state index in [1.807, 2.05) is 0 Å². The molecule has 0 aliphatic heterocycles. The maximum absolute atomic E-state index is 13.2. The molecule has 0 saturated carbocycles. The predicted molar refractivity (Wildman–Crippen MR) is 76.4 cm³/mol. The second kappa shape index (κ2) is 8.37. The zero-order valence-electron chi connectivity index (χ0n) is 12.6. The fraction of sp³-hybridized carbons (Fsp3) is 0.625. The lowest BCUT2D eigenvalue weighted by Gasteiger charge is -2.16. The second-order valence-electron chi connectivity index (χ2n) is 5.39. The molecule has 1 nitrogen and oxygen atoms in total. The topological polar surface area (TPSA) is 12.0 Å². The maximum Gasteiger partial charge on any atom is 0.416 e. The molecule has 0 amide bonds. The lowest BCUT2D eigenvalue weighted by molar-refractivity contribution is -0.137. The first-order valence-corrected chi connectivity index (χ1v) is 7.44. The number of halogens is 4. The fourth-order valence-corrected chi connectivity index (χ4v) is 2.28. The summed E-state index contributed by atoms with van der Waals surface area (Å²) >= 11 is 0. The minimum atomic E-state index is -4.51. The van der Waals surface area contributed by atoms with Crippen LogP contribution < -0.4 is 5.32 Å². The highest BCUT2D eigenvalue weighted by Gasteiger charge is 2.31. The smallest absolute Gasteiger partial charge is 0.312 e. The van der Waals surface area contributed by atoms with Gasteiger partial charge in [0, 0.05) is 6.54 Å². The monoisotopic (exact) mass is 305 g/mol. The van der Waals surface area contributed by atoms with Gasteiger partial charge in [-0.2, -0.15) is 13.2 Å². The molecule has 0 bridgehead atoms. The molecule has 0 aromatic heterocycles. The maximum atomic E-state index is 13.2. The van der Waals surface area contributed by atoms with E-state index in [0.717, 1.165) is 44.4 Å². The van der Waals surface area contributed by atoms with E-state index >= 15 is 0 Å². The summed E-state index contributed by atoms with van der Waals surface area (Å²) in [6.45, 7) is 5.23. The van der Waals surface area contributed by atoms with Crippen LogP contribution in [0.5, 0.6) is 0 Å². The standard InChI is InChI=1S/C16H23F4N/c1-3-5-6-12(4-2)10-21-11-13-7-14(16(18,19)20)9-15(17)8-13/h7-9,12,21H,3-6,10-11H2,1-2H3. The molecule has 0 aliphatic rings. The lowest BCUT2D eigenvalue weighted by atomic mass is 9.99. The van der Waals surface area contributed by atoms with Crippen LogP contribution in [0.3, 0.4) is 0 Å². The molecular formula is C16H23F4N. The first kappa shape index (κ1) is 18.0. The molecule has 1 aromatic carbocycles. The van der Waals surface area contributed by atoms with Crippen molar-refractivity contribution in [3.63, 3.8) is 0 Å². The van der Waals surface area contributed by atoms with Crippen LogP contribution in [0.1, 0.15) is 50.7 Å². The summed E-state index contributed by atoms with van der Waals surface area (Å²) in [6, 6.07) is 2.68. The average Bonchev–Trinajstić information content (AvgIpc) is 2.41. The number of nitrogens with one attached hydrogen (secondary N) is 1. The molecule has 0 heterocycles. The van der Waals surface area contributed by atoms with Crippen molar-refractivity contribution >= 4 is 0 Å². The van der Waals surface area contributed by atoms with Crippen LogP contribution >= 0.6 is 0 Å². The average molecular weight is 305 g/mol. The summed E-state index contributed by atoms with van der Waals surface area (Å²) in [4.78, 5) is 0. The normalized spacial score (nSPS) is 13.4. The van der Waals surface area contributed by atoms with Gasteiger partial charge in [-0.1, -0.05) is 33.1 Å². The molecule has 1 aromatic rings. The third-order valence-electron chi connectivity index (χ3n) is 3.59. The lowest BCUT2D eigenvalue weighted by Crippen LogP contribution is -2.22. The van der Waals surface area contributed by atoms with Crippen LogP contribution in [0.2, 0.25) is 0 Å². The minimum absolute atomic E-state index is 0.253. The number of unbranched alkanes of at least 4 members (excludes halogenated alkanes) is 1. The van der Waals surface area contributed by atoms with Crippen molar-refractivity contribution in [1.82, 2.24) is 5.32 Å². The number of hydrogen-bond acceptors (Lipinski definition) is 1. The van der Waals surface area contributed by atoms with E-state index in [2.05, 4.69) is 19.2 Å². The Morgan fingerprint density at radius 3 is 2.43 bits per heavy atom. The number of alkyl halides is 3. The number of benzene rings is 1. The molecule has 0 fully saturated rings. The van der Waals surface area contributed by atoms with Crippen molar-refractivity contribution in [2.45, 2.75) is 52.3 Å². The summed E-state index contributed by atoms with van der Waals surface area (Å²) in [5, 5.41) is 3.13. The van der Waals surface area contributed by atoms with E-state index in [1.165, 1.54) is 0 Å². The highest BCUT2D eigenvalue weighted by molar-refractivity contribution is 5.26. The molecule has 120 valence electrons. The number of hydrogen-bond donors (Lipinski definition) is 1. The van der Waals surface area contributed by atoms with Gasteiger partial charge in [0.1, 0.15) is 5.82 Å². The van der Waals surface area contributed by atoms with Crippen molar-refractivity contribution in [2.24, 2.45) is 5.92 Å². The van der Waals surface area contributed by atoms with Crippen molar-refractivity contribution in [3.05, 3.63) is 35.1 Å². The van der Waals surface area contributed by atoms with E-state index < -0.39 is 17.6 Å². The second-order valence-corrected chi connectivity index (χ2v) is 5.39. The van der Waals surface area contributed by atoms with Crippen LogP contribution in [0.25, 0.3) is 0 Å². The first-order chi connectivity index (χ1) is 9.86. The summed E-state index contributed by atoms with van der Waals surface area (Å²) in [7, 11) is 0. The minimum Gasteiger partial charge on any atom is -0.312 e. The van der Waals surface area contributed by atoms with Crippen LogP contribution in [0.15, 0.2) is 18.2 Å². The molecule has 0 radical (unpaired) electrons. The Balaban J connectivity index is 2.57. The van der Waals surface area contributed by atoms with Gasteiger partial charge in [-0.25, -0.2) is 4.39 Å². The molecule has 1 N–H and O–H groups in total. The Kier molecular flexibility index (Phi) is 7.15. The predicted octanol–water partition coefficient (Wildman–Crippen LogP) is 5.15. The van der Waals surface area contributed by atoms with Gasteiger partial charge in [-0.15, -0.1) is 0 Å². The van der Waals surface area contributed by atoms with Gasteiger partial charge in [-0.05, 0) is 42.6 Å². The van der Waals surface area contributed by atoms with E-state index in [4.69, 9.17) is 0 Å². The van der Waals surface area contributed by atoms with E-state index in [0.29, 0.717) is 17.5 Å². The van der Waals surface area contributed by atoms with Gasteiger partial charge in [0.05, 0.1) is 5.56 Å². The van der Waals surface area contributed by atoms with Gasteiger partial charge in [0.15, 0.2) is 0 Å². The molecule has 1 atom stereocenters. The van der Waals surface area contributed by atoms with Crippen molar-refractivity contribution in [1.29, 1.82) is 0 Å². The molecule has 5 heteroatoms. The van der Waals surface area contributed by atoms with Crippen LogP contribution in [-0.4, -0.2) is 6.54 Å². The van der Waals surface area contributed by atoms with Crippen molar-refractivity contribution in [2.75, 3.05) is 6.54 Å². The third-order valence-corrected chi connectivity index (χ3v) is 3.59. The summed E-state index contributed by atoms with van der Waals surface area (Å²) in [5.41, 5.74) is -0.606. The highest BCUT2D eigenvalue weighted by atomic mass is 19.4. The SMILES string of the molecule is CCCCC(CC)CNCc1cc(F)cc(C(F)(F)F)c1. The van der Waals surface area contributed by atoms with Gasteiger partial charge in [0.2, 0.25) is 0 Å². The van der Waals surface area contributed by atoms with Crippen LogP contribution in [0.4, 0.5) is 17.6 Å². The molecule has 1 rings (SSSR count). The van der Waals surface area contributed by atoms with E-state index in [1.54, 1.807) is 0 Å². The van der Waals surface area contributed by atoms with Crippen molar-refractivity contribution in [3.8, 4) is 0 Å². The van der Waals surface area contributed by atoms with Crippen LogP contribution in [-0.2, 0) is 12.7 Å². The Morgan fingerprint density at radius 2 is 1.86 bits per heavy atom. The zero-order valence-corrected chi connectivity index (χ0v) is 12.6. The fourth-order valence-electron chi connectivity index (χ4n) is 2.28. The molecule has 21 heavy (non-hydrogen) atoms. The Hall–Kier alpha value is -1.10. The molecule has 0 aliphatic carbocycles. The molecule has 0 saturated heterocycles. The van der Waals surface area contributed by atoms with Gasteiger partial charge < -0.3 is 5.32 Å². The number of rotatable bonds is 8. The summed E-state index contributed by atoms with van der Waals surface area (Å²) in [5.74, 6) is -0.333. The summed E-state index contributed by atoms with van der Waals surface area (Å²) < 4.78 is 51.1. The van der Waals surface area contributed by atoms with E-state index in [-0.39, 0.29) is 6.54 Å². The quantitative estimate of drug-likeness (QED) is 0.655. The third kappa shape index (κ3) is 6.46. The largest absolute Gasteiger partial charge is 0.416 e. The summed E-state index contributed by atoms with van der Waals surface area (Å²) in [6.07, 6.45) is -0.0848. The molecule has 0 spiro atoms. The van der Waals surface area contributed by atoms with E-state index in [9.17, 15) is 17.6 Å². The van der Waals surface area contributed by atoms with Gasteiger partial charge >= 0.3 is 6.18 Å². The highest BCUT2D eigenvalue weighted by Crippen LogP contribution is 2.30. The van der Waals surface area contributed by atoms with Gasteiger partial charge in [-0.3, -0.25) is 0 Å². The molecular weight excluding hydrogens is 282 g/mol. The molecule has 1 unspecified atom stereocenters. The van der Waals surface area contributed by atoms with Gasteiger partial charge in [0.25, 0.3) is 0 Å².